The smallest absolute Gasteiger partial charge is 0.315 e. The number of anilines is 1. The lowest BCUT2D eigenvalue weighted by molar-refractivity contribution is -0.130. The first-order valence-corrected chi connectivity index (χ1v) is 9.87. The molecule has 2 N–H and O–H groups in total. The van der Waals surface area contributed by atoms with Crippen molar-refractivity contribution < 1.29 is 14.3 Å². The molecule has 0 bridgehead atoms. The number of nitrogens with one attached hydrogen (secondary N) is 2. The van der Waals surface area contributed by atoms with Gasteiger partial charge in [-0.25, -0.2) is 4.79 Å². The van der Waals surface area contributed by atoms with Crippen molar-refractivity contribution in [1.29, 1.82) is 0 Å². The molecule has 1 saturated heterocycles. The first kappa shape index (κ1) is 19.3. The van der Waals surface area contributed by atoms with Gasteiger partial charge in [-0.05, 0) is 37.1 Å². The van der Waals surface area contributed by atoms with Crippen LogP contribution in [0.5, 0.6) is 5.75 Å². The van der Waals surface area contributed by atoms with E-state index in [-0.39, 0.29) is 24.5 Å². The van der Waals surface area contributed by atoms with Gasteiger partial charge in [0.25, 0.3) is 0 Å². The molecule has 1 saturated carbocycles. The predicted octanol–water partition coefficient (Wildman–Crippen LogP) is 1.98. The highest BCUT2D eigenvalue weighted by atomic mass is 16.5. The number of hydrogen-bond donors (Lipinski definition) is 2. The lowest BCUT2D eigenvalue weighted by Gasteiger charge is -2.36. The fourth-order valence-corrected chi connectivity index (χ4v) is 3.76. The Morgan fingerprint density at radius 1 is 1.04 bits per heavy atom. The van der Waals surface area contributed by atoms with E-state index in [0.29, 0.717) is 13.1 Å². The van der Waals surface area contributed by atoms with E-state index in [4.69, 9.17) is 4.74 Å². The van der Waals surface area contributed by atoms with E-state index in [1.54, 1.807) is 7.11 Å². The fraction of sp³-hybridized carbons (Fsp3) is 0.600. The lowest BCUT2D eigenvalue weighted by atomic mass is 9.96. The zero-order chi connectivity index (χ0) is 19.1. The number of ether oxygens (including phenoxy) is 1. The van der Waals surface area contributed by atoms with Crippen molar-refractivity contribution in [1.82, 2.24) is 15.5 Å². The molecule has 0 aromatic heterocycles. The van der Waals surface area contributed by atoms with Gasteiger partial charge < -0.3 is 25.2 Å². The van der Waals surface area contributed by atoms with E-state index < -0.39 is 0 Å². The highest BCUT2D eigenvalue weighted by molar-refractivity contribution is 5.84. The van der Waals surface area contributed by atoms with Crippen LogP contribution in [0.3, 0.4) is 0 Å². The van der Waals surface area contributed by atoms with Gasteiger partial charge in [0.2, 0.25) is 5.91 Å². The molecule has 1 aliphatic carbocycles. The van der Waals surface area contributed by atoms with Crippen LogP contribution in [0, 0.1) is 0 Å². The maximum absolute atomic E-state index is 12.4. The van der Waals surface area contributed by atoms with E-state index in [2.05, 4.69) is 15.5 Å². The van der Waals surface area contributed by atoms with Gasteiger partial charge in [-0.15, -0.1) is 0 Å². The molecule has 1 aromatic carbocycles. The average Bonchev–Trinajstić information content (AvgIpc) is 2.73. The Morgan fingerprint density at radius 3 is 2.33 bits per heavy atom. The molecule has 0 radical (unpaired) electrons. The van der Waals surface area contributed by atoms with Crippen LogP contribution < -0.4 is 20.3 Å². The monoisotopic (exact) mass is 374 g/mol. The maximum Gasteiger partial charge on any atom is 0.315 e. The summed E-state index contributed by atoms with van der Waals surface area (Å²) in [7, 11) is 1.66. The van der Waals surface area contributed by atoms with Crippen LogP contribution in [0.4, 0.5) is 10.5 Å². The number of carbonyl (C=O) groups excluding carboxylic acids is 2. The van der Waals surface area contributed by atoms with Crippen LogP contribution in [0.1, 0.15) is 32.1 Å². The summed E-state index contributed by atoms with van der Waals surface area (Å²) in [6.45, 7) is 2.95. The van der Waals surface area contributed by atoms with Crippen molar-refractivity contribution in [3.05, 3.63) is 24.3 Å². The van der Waals surface area contributed by atoms with Gasteiger partial charge in [-0.1, -0.05) is 19.3 Å². The van der Waals surface area contributed by atoms with E-state index in [0.717, 1.165) is 37.4 Å². The second-order valence-corrected chi connectivity index (χ2v) is 7.23. The summed E-state index contributed by atoms with van der Waals surface area (Å²) in [5.74, 6) is 0.813. The largest absolute Gasteiger partial charge is 0.497 e. The van der Waals surface area contributed by atoms with E-state index in [1.165, 1.54) is 19.3 Å². The van der Waals surface area contributed by atoms with Crippen molar-refractivity contribution in [3.63, 3.8) is 0 Å². The van der Waals surface area contributed by atoms with Gasteiger partial charge in [0.05, 0.1) is 13.7 Å². The molecule has 2 aliphatic rings. The second kappa shape index (κ2) is 9.48. The summed E-state index contributed by atoms with van der Waals surface area (Å²) in [6.07, 6.45) is 5.66. The fourth-order valence-electron chi connectivity index (χ4n) is 3.76. The molecule has 27 heavy (non-hydrogen) atoms. The minimum absolute atomic E-state index is 0.0248. The number of carbonyl (C=O) groups is 2. The lowest BCUT2D eigenvalue weighted by Crippen LogP contribution is -2.52. The molecule has 7 heteroatoms. The molecular formula is C20H30N4O3. The van der Waals surface area contributed by atoms with E-state index in [1.807, 2.05) is 29.2 Å². The molecule has 3 rings (SSSR count). The summed E-state index contributed by atoms with van der Waals surface area (Å²) in [6, 6.07) is 7.98. The summed E-state index contributed by atoms with van der Waals surface area (Å²) in [4.78, 5) is 28.4. The Balaban J connectivity index is 1.38. The average molecular weight is 374 g/mol. The first-order chi connectivity index (χ1) is 13.2. The van der Waals surface area contributed by atoms with Crippen LogP contribution in [0.15, 0.2) is 24.3 Å². The third-order valence-corrected chi connectivity index (χ3v) is 5.41. The second-order valence-electron chi connectivity index (χ2n) is 7.23. The van der Waals surface area contributed by atoms with Gasteiger partial charge in [-0.3, -0.25) is 4.79 Å². The van der Waals surface area contributed by atoms with Gasteiger partial charge >= 0.3 is 6.03 Å². The number of piperazine rings is 1. The number of benzene rings is 1. The molecule has 148 valence electrons. The quantitative estimate of drug-likeness (QED) is 0.827. The molecular weight excluding hydrogens is 344 g/mol. The summed E-state index contributed by atoms with van der Waals surface area (Å²) in [5.41, 5.74) is 1.13. The Bertz CT molecular complexity index is 621. The van der Waals surface area contributed by atoms with E-state index in [9.17, 15) is 9.59 Å². The zero-order valence-electron chi connectivity index (χ0n) is 16.1. The predicted molar refractivity (Wildman–Crippen MR) is 105 cm³/mol. The molecule has 7 nitrogen and oxygen atoms in total. The Morgan fingerprint density at radius 2 is 1.70 bits per heavy atom. The van der Waals surface area contributed by atoms with Crippen molar-refractivity contribution in [2.75, 3.05) is 44.7 Å². The minimum atomic E-state index is -0.230. The minimum Gasteiger partial charge on any atom is -0.497 e. The van der Waals surface area contributed by atoms with Crippen molar-refractivity contribution >= 4 is 17.6 Å². The van der Waals surface area contributed by atoms with Crippen molar-refractivity contribution in [2.45, 2.75) is 38.1 Å². The number of rotatable bonds is 5. The zero-order valence-corrected chi connectivity index (χ0v) is 16.1. The summed E-state index contributed by atoms with van der Waals surface area (Å²) >= 11 is 0. The molecule has 1 aliphatic heterocycles. The van der Waals surface area contributed by atoms with Crippen LogP contribution in [0.25, 0.3) is 0 Å². The van der Waals surface area contributed by atoms with Gasteiger partial charge in [0, 0.05) is 37.9 Å². The maximum atomic E-state index is 12.4. The molecule has 3 amide bonds. The topological polar surface area (TPSA) is 73.9 Å². The molecule has 2 fully saturated rings. The Kier molecular flexibility index (Phi) is 6.79. The van der Waals surface area contributed by atoms with Crippen LogP contribution >= 0.6 is 0 Å². The third kappa shape index (κ3) is 5.52. The summed E-state index contributed by atoms with van der Waals surface area (Å²) < 4.78 is 5.19. The first-order valence-electron chi connectivity index (χ1n) is 9.87. The Labute approximate surface area is 161 Å². The molecule has 0 spiro atoms. The summed E-state index contributed by atoms with van der Waals surface area (Å²) in [5, 5.41) is 5.69. The van der Waals surface area contributed by atoms with Crippen LogP contribution in [-0.2, 0) is 4.79 Å². The molecule has 0 atom stereocenters. The van der Waals surface area contributed by atoms with Gasteiger partial charge in [-0.2, -0.15) is 0 Å². The van der Waals surface area contributed by atoms with Crippen LogP contribution in [-0.4, -0.2) is 62.7 Å². The third-order valence-electron chi connectivity index (χ3n) is 5.41. The Hall–Kier alpha value is -2.44. The number of urea groups is 1. The SMILES string of the molecule is COc1ccc(N2CCN(C(=O)CNC(=O)NC3CCCCC3)CC2)cc1. The number of nitrogens with zero attached hydrogens (tertiary/aromatic N) is 2. The van der Waals surface area contributed by atoms with Crippen molar-refractivity contribution in [3.8, 4) is 5.75 Å². The highest BCUT2D eigenvalue weighted by Crippen LogP contribution is 2.20. The van der Waals surface area contributed by atoms with Gasteiger partial charge in [0.1, 0.15) is 5.75 Å². The van der Waals surface area contributed by atoms with Gasteiger partial charge in [0.15, 0.2) is 0 Å². The normalized spacial score (nSPS) is 18.1. The number of hydrogen-bond acceptors (Lipinski definition) is 4. The van der Waals surface area contributed by atoms with Crippen LogP contribution in [0.2, 0.25) is 0 Å². The van der Waals surface area contributed by atoms with Crippen molar-refractivity contribution in [2.24, 2.45) is 0 Å². The number of amides is 3. The number of methoxy groups -OCH3 is 1. The molecule has 0 unspecified atom stereocenters. The molecule has 1 aromatic rings. The standard InChI is InChI=1S/C20H30N4O3/c1-27-18-9-7-17(8-10-18)23-11-13-24(14-12-23)19(25)15-21-20(26)22-16-5-3-2-4-6-16/h7-10,16H,2-6,11-15H2,1H3,(H2,21,22,26). The van der Waals surface area contributed by atoms with E-state index >= 15 is 0 Å². The molecule has 1 heterocycles. The highest BCUT2D eigenvalue weighted by Gasteiger charge is 2.22.